The summed E-state index contributed by atoms with van der Waals surface area (Å²) in [6, 6.07) is 7.58. The monoisotopic (exact) mass is 621 g/mol. The van der Waals surface area contributed by atoms with Crippen molar-refractivity contribution < 1.29 is 17.9 Å². The quantitative estimate of drug-likeness (QED) is 0.234. The van der Waals surface area contributed by atoms with Crippen LogP contribution in [-0.4, -0.2) is 76.9 Å². The summed E-state index contributed by atoms with van der Waals surface area (Å²) in [4.78, 5) is 19.7. The number of alkyl halides is 3. The van der Waals surface area contributed by atoms with Gasteiger partial charge in [-0.25, -0.2) is 9.38 Å². The zero-order valence-electron chi connectivity index (χ0n) is 26.2. The van der Waals surface area contributed by atoms with Gasteiger partial charge in [0.05, 0.1) is 35.5 Å². The topological polar surface area (TPSA) is 89.5 Å². The molecule has 10 nitrogen and oxygen atoms in total. The lowest BCUT2D eigenvalue weighted by atomic mass is 9.94. The van der Waals surface area contributed by atoms with Crippen LogP contribution in [0.4, 0.5) is 19.0 Å². The number of rotatable bonds is 6. The number of nitrogens with zero attached hydrogens (tertiary/aromatic N) is 9. The molecule has 2 aliphatic rings. The lowest BCUT2D eigenvalue weighted by Crippen LogP contribution is -2.58. The van der Waals surface area contributed by atoms with E-state index in [0.717, 1.165) is 60.6 Å². The average Bonchev–Trinajstić information content (AvgIpc) is 3.75. The summed E-state index contributed by atoms with van der Waals surface area (Å²) in [5, 5.41) is 8.97. The van der Waals surface area contributed by atoms with E-state index >= 15 is 0 Å². The van der Waals surface area contributed by atoms with Gasteiger partial charge in [-0.3, -0.25) is 9.88 Å². The molecule has 2 saturated heterocycles. The summed E-state index contributed by atoms with van der Waals surface area (Å²) in [5.74, 6) is 2.44. The second-order valence-corrected chi connectivity index (χ2v) is 12.9. The number of halogens is 3. The van der Waals surface area contributed by atoms with Crippen molar-refractivity contribution >= 4 is 33.7 Å². The number of anilines is 1. The second kappa shape index (κ2) is 11.2. The highest BCUT2D eigenvalue weighted by molar-refractivity contribution is 5.87. The predicted molar refractivity (Wildman–Crippen MR) is 165 cm³/mol. The number of piperazine rings is 1. The minimum absolute atomic E-state index is 0.0175. The Kier molecular flexibility index (Phi) is 7.43. The fourth-order valence-electron chi connectivity index (χ4n) is 7.17. The first kappa shape index (κ1) is 29.8. The average molecular weight is 622 g/mol. The number of aryl methyl sites for hydroxylation is 1. The first-order valence-electron chi connectivity index (χ1n) is 15.7. The minimum Gasteiger partial charge on any atom is -0.376 e. The zero-order chi connectivity index (χ0) is 31.6. The number of pyridine rings is 1. The van der Waals surface area contributed by atoms with Crippen LogP contribution in [0.3, 0.4) is 0 Å². The highest BCUT2D eigenvalue weighted by atomic mass is 19.4. The van der Waals surface area contributed by atoms with Gasteiger partial charge in [0, 0.05) is 37.2 Å². The van der Waals surface area contributed by atoms with Crippen LogP contribution >= 0.6 is 0 Å². The van der Waals surface area contributed by atoms with Gasteiger partial charge in [0.25, 0.3) is 5.78 Å². The van der Waals surface area contributed by atoms with Crippen LogP contribution in [0.15, 0.2) is 36.7 Å². The second-order valence-electron chi connectivity index (χ2n) is 12.9. The SMILES string of the molecule is Cc1nc2c(N3C[C@@H](C)N([C@@H](c4ccc5cc(C(F)(F)F)ccc5n4)C(C)C)C[C@@H]3C)nc3nncn3c2n1C[C@@H]1CCCO1. The Hall–Kier alpha value is -3.84. The highest BCUT2D eigenvalue weighted by Crippen LogP contribution is 2.37. The molecule has 13 heteroatoms. The van der Waals surface area contributed by atoms with E-state index in [0.29, 0.717) is 29.8 Å². The molecule has 7 rings (SSSR count). The summed E-state index contributed by atoms with van der Waals surface area (Å²) < 4.78 is 50.0. The molecule has 5 aromatic rings. The molecule has 6 heterocycles. The van der Waals surface area contributed by atoms with Gasteiger partial charge in [0.2, 0.25) is 0 Å². The summed E-state index contributed by atoms with van der Waals surface area (Å²) in [5.41, 5.74) is 2.50. The van der Waals surface area contributed by atoms with Crippen LogP contribution in [0.1, 0.15) is 63.7 Å². The lowest BCUT2D eigenvalue weighted by Gasteiger charge is -2.48. The smallest absolute Gasteiger partial charge is 0.376 e. The summed E-state index contributed by atoms with van der Waals surface area (Å²) in [6.07, 6.45) is -0.458. The number of benzene rings is 1. The van der Waals surface area contributed by atoms with Crippen LogP contribution in [-0.2, 0) is 17.5 Å². The van der Waals surface area contributed by atoms with Crippen molar-refractivity contribution in [2.75, 3.05) is 24.6 Å². The Labute approximate surface area is 259 Å². The molecule has 0 amide bonds. The fraction of sp³-hybridized carbons (Fsp3) is 0.531. The molecule has 0 bridgehead atoms. The maximum atomic E-state index is 13.3. The molecule has 0 N–H and O–H groups in total. The van der Waals surface area contributed by atoms with Gasteiger partial charge < -0.3 is 14.2 Å². The molecule has 2 fully saturated rings. The van der Waals surface area contributed by atoms with E-state index in [1.54, 1.807) is 12.4 Å². The molecule has 45 heavy (non-hydrogen) atoms. The fourth-order valence-corrected chi connectivity index (χ4v) is 7.17. The number of fused-ring (bicyclic) bond motifs is 4. The van der Waals surface area contributed by atoms with Gasteiger partial charge >= 0.3 is 6.18 Å². The number of hydrogen-bond donors (Lipinski definition) is 0. The van der Waals surface area contributed by atoms with E-state index in [1.807, 2.05) is 17.4 Å². The highest BCUT2D eigenvalue weighted by Gasteiger charge is 2.38. The van der Waals surface area contributed by atoms with Gasteiger partial charge in [0.15, 0.2) is 11.5 Å². The largest absolute Gasteiger partial charge is 0.416 e. The maximum absolute atomic E-state index is 13.3. The molecule has 4 atom stereocenters. The Morgan fingerprint density at radius 1 is 1.02 bits per heavy atom. The summed E-state index contributed by atoms with van der Waals surface area (Å²) in [6.45, 7) is 13.7. The van der Waals surface area contributed by atoms with Crippen LogP contribution < -0.4 is 4.90 Å². The number of hydrogen-bond acceptors (Lipinski definition) is 8. The van der Waals surface area contributed by atoms with Gasteiger partial charge in [0.1, 0.15) is 17.7 Å². The van der Waals surface area contributed by atoms with E-state index in [9.17, 15) is 13.2 Å². The van der Waals surface area contributed by atoms with E-state index in [4.69, 9.17) is 19.7 Å². The van der Waals surface area contributed by atoms with E-state index < -0.39 is 11.7 Å². The number of imidazole rings is 1. The Morgan fingerprint density at radius 2 is 1.84 bits per heavy atom. The Morgan fingerprint density at radius 3 is 2.58 bits per heavy atom. The molecule has 0 aliphatic carbocycles. The minimum atomic E-state index is -4.39. The molecule has 0 spiro atoms. The van der Waals surface area contributed by atoms with E-state index in [1.165, 1.54) is 12.1 Å². The third-order valence-corrected chi connectivity index (χ3v) is 9.35. The van der Waals surface area contributed by atoms with Crippen molar-refractivity contribution in [3.8, 4) is 0 Å². The Bertz CT molecular complexity index is 1860. The van der Waals surface area contributed by atoms with E-state index in [-0.39, 0.29) is 30.1 Å². The molecule has 0 unspecified atom stereocenters. The predicted octanol–water partition coefficient (Wildman–Crippen LogP) is 5.82. The maximum Gasteiger partial charge on any atom is 0.416 e. The molecule has 238 valence electrons. The van der Waals surface area contributed by atoms with Crippen molar-refractivity contribution in [2.45, 2.75) is 84.4 Å². The number of ether oxygens (including phenoxy) is 1. The third-order valence-electron chi connectivity index (χ3n) is 9.35. The lowest BCUT2D eigenvalue weighted by molar-refractivity contribution is -0.137. The summed E-state index contributed by atoms with van der Waals surface area (Å²) >= 11 is 0. The van der Waals surface area contributed by atoms with Crippen LogP contribution in [0.5, 0.6) is 0 Å². The molecular weight excluding hydrogens is 583 g/mol. The van der Waals surface area contributed by atoms with Gasteiger partial charge in [-0.15, -0.1) is 10.2 Å². The van der Waals surface area contributed by atoms with Crippen molar-refractivity contribution in [1.29, 1.82) is 0 Å². The van der Waals surface area contributed by atoms with Gasteiger partial charge in [-0.05, 0) is 63.8 Å². The molecule has 1 aromatic carbocycles. The van der Waals surface area contributed by atoms with Crippen molar-refractivity contribution in [1.82, 2.24) is 39.0 Å². The standard InChI is InChI=1S/C32H38F3N9O/c1-18(2)28(26-10-8-22-13-23(32(33,34)35)9-11-25(22)38-26)41-14-20(4)42(15-19(41)3)29-27-30(44-17-36-40-31(44)39-29)43(21(5)37-27)16-24-7-6-12-45-24/h8-11,13,17-20,24,28H,6-7,12,14-16H2,1-5H3/t19-,20+,24+,28-/m1/s1. The molecule has 4 aromatic heterocycles. The molecule has 2 aliphatic heterocycles. The van der Waals surface area contributed by atoms with Crippen LogP contribution in [0, 0.1) is 12.8 Å². The Balaban J connectivity index is 1.21. The van der Waals surface area contributed by atoms with Crippen molar-refractivity contribution in [3.63, 3.8) is 0 Å². The van der Waals surface area contributed by atoms with Crippen LogP contribution in [0.2, 0.25) is 0 Å². The van der Waals surface area contributed by atoms with E-state index in [2.05, 4.69) is 52.3 Å². The third kappa shape index (κ3) is 5.29. The first-order chi connectivity index (χ1) is 21.5. The van der Waals surface area contributed by atoms with Gasteiger partial charge in [-0.2, -0.15) is 18.2 Å². The number of aromatic nitrogens is 7. The molecule has 0 radical (unpaired) electrons. The van der Waals surface area contributed by atoms with Crippen molar-refractivity contribution in [2.24, 2.45) is 5.92 Å². The van der Waals surface area contributed by atoms with Crippen molar-refractivity contribution in [3.05, 3.63) is 53.7 Å². The summed E-state index contributed by atoms with van der Waals surface area (Å²) in [7, 11) is 0. The normalized spacial score (nSPS) is 22.4. The molecule has 0 saturated carbocycles. The van der Waals surface area contributed by atoms with Gasteiger partial charge in [-0.1, -0.05) is 19.9 Å². The first-order valence-corrected chi connectivity index (χ1v) is 15.7. The van der Waals surface area contributed by atoms with Crippen LogP contribution in [0.25, 0.3) is 27.8 Å². The zero-order valence-corrected chi connectivity index (χ0v) is 26.2. The molecular formula is C32H38F3N9O.